The minimum Gasteiger partial charge on any atom is -0.375 e. The molecule has 0 bridgehead atoms. The first-order chi connectivity index (χ1) is 8.70. The highest BCUT2D eigenvalue weighted by Crippen LogP contribution is 2.08. The SMILES string of the molecule is COCC(=O)NCCc1cn2c(C)cccc2n1. The third-order valence-electron chi connectivity index (χ3n) is 2.72. The van der Waals surface area contributed by atoms with Crippen LogP contribution >= 0.6 is 0 Å². The molecule has 0 aliphatic rings. The Bertz CT molecular complexity index is 548. The number of nitrogens with one attached hydrogen (secondary N) is 1. The summed E-state index contributed by atoms with van der Waals surface area (Å²) in [6, 6.07) is 6.00. The second-order valence-corrected chi connectivity index (χ2v) is 4.16. The molecule has 2 heterocycles. The van der Waals surface area contributed by atoms with Crippen LogP contribution in [0.4, 0.5) is 0 Å². The Labute approximate surface area is 106 Å². The van der Waals surface area contributed by atoms with Gasteiger partial charge in [-0.3, -0.25) is 4.79 Å². The van der Waals surface area contributed by atoms with Gasteiger partial charge in [0.05, 0.1) is 5.69 Å². The lowest BCUT2D eigenvalue weighted by Crippen LogP contribution is -2.29. The molecule has 5 heteroatoms. The molecule has 18 heavy (non-hydrogen) atoms. The molecule has 0 spiro atoms. The fourth-order valence-corrected chi connectivity index (χ4v) is 1.83. The van der Waals surface area contributed by atoms with Crippen molar-refractivity contribution in [2.24, 2.45) is 0 Å². The quantitative estimate of drug-likeness (QED) is 0.855. The Morgan fingerprint density at radius 2 is 2.33 bits per heavy atom. The van der Waals surface area contributed by atoms with Crippen LogP contribution in [0, 0.1) is 6.92 Å². The van der Waals surface area contributed by atoms with Gasteiger partial charge in [-0.1, -0.05) is 6.07 Å². The molecular weight excluding hydrogens is 230 g/mol. The van der Waals surface area contributed by atoms with Crippen molar-refractivity contribution < 1.29 is 9.53 Å². The molecule has 0 aliphatic carbocycles. The number of nitrogens with zero attached hydrogens (tertiary/aromatic N) is 2. The smallest absolute Gasteiger partial charge is 0.245 e. The molecule has 0 atom stereocenters. The van der Waals surface area contributed by atoms with Crippen molar-refractivity contribution >= 4 is 11.6 Å². The summed E-state index contributed by atoms with van der Waals surface area (Å²) < 4.78 is 6.79. The maximum absolute atomic E-state index is 11.2. The van der Waals surface area contributed by atoms with Gasteiger partial charge in [-0.05, 0) is 19.1 Å². The molecule has 0 radical (unpaired) electrons. The van der Waals surface area contributed by atoms with Crippen LogP contribution in [0.1, 0.15) is 11.4 Å². The average Bonchev–Trinajstić information content (AvgIpc) is 2.74. The van der Waals surface area contributed by atoms with E-state index in [0.29, 0.717) is 6.54 Å². The molecule has 2 rings (SSSR count). The van der Waals surface area contributed by atoms with Crippen LogP contribution in [-0.4, -0.2) is 35.6 Å². The van der Waals surface area contributed by atoms with E-state index < -0.39 is 0 Å². The molecule has 2 aromatic rings. The molecule has 1 N–H and O–H groups in total. The number of fused-ring (bicyclic) bond motifs is 1. The van der Waals surface area contributed by atoms with Crippen molar-refractivity contribution in [1.82, 2.24) is 14.7 Å². The topological polar surface area (TPSA) is 55.6 Å². The Hall–Kier alpha value is -1.88. The zero-order chi connectivity index (χ0) is 13.0. The second kappa shape index (κ2) is 5.64. The van der Waals surface area contributed by atoms with Gasteiger partial charge in [-0.15, -0.1) is 0 Å². The summed E-state index contributed by atoms with van der Waals surface area (Å²) in [7, 11) is 1.50. The van der Waals surface area contributed by atoms with Crippen molar-refractivity contribution in [3.05, 3.63) is 35.8 Å². The summed E-state index contributed by atoms with van der Waals surface area (Å²) in [6.45, 7) is 2.72. The van der Waals surface area contributed by atoms with Gasteiger partial charge in [0, 0.05) is 32.0 Å². The maximum Gasteiger partial charge on any atom is 0.245 e. The predicted molar refractivity (Wildman–Crippen MR) is 68.5 cm³/mol. The van der Waals surface area contributed by atoms with Gasteiger partial charge < -0.3 is 14.5 Å². The number of carbonyl (C=O) groups excluding carboxylic acids is 1. The van der Waals surface area contributed by atoms with Crippen molar-refractivity contribution in [3.63, 3.8) is 0 Å². The van der Waals surface area contributed by atoms with Crippen LogP contribution in [0.15, 0.2) is 24.4 Å². The van der Waals surface area contributed by atoms with Gasteiger partial charge in [-0.2, -0.15) is 0 Å². The number of hydrogen-bond donors (Lipinski definition) is 1. The van der Waals surface area contributed by atoms with E-state index in [-0.39, 0.29) is 12.5 Å². The van der Waals surface area contributed by atoms with Crippen LogP contribution in [0.2, 0.25) is 0 Å². The lowest BCUT2D eigenvalue weighted by Gasteiger charge is -2.01. The van der Waals surface area contributed by atoms with Crippen LogP contribution in [-0.2, 0) is 16.0 Å². The molecule has 0 aliphatic heterocycles. The monoisotopic (exact) mass is 247 g/mol. The van der Waals surface area contributed by atoms with Crippen LogP contribution in [0.3, 0.4) is 0 Å². The first-order valence-electron chi connectivity index (χ1n) is 5.90. The lowest BCUT2D eigenvalue weighted by molar-refractivity contribution is -0.124. The number of rotatable bonds is 5. The van der Waals surface area contributed by atoms with Crippen molar-refractivity contribution in [2.75, 3.05) is 20.3 Å². The van der Waals surface area contributed by atoms with Gasteiger partial charge in [0.1, 0.15) is 12.3 Å². The Morgan fingerprint density at radius 1 is 1.50 bits per heavy atom. The first-order valence-corrected chi connectivity index (χ1v) is 5.90. The number of hydrogen-bond acceptors (Lipinski definition) is 3. The normalized spacial score (nSPS) is 10.8. The highest BCUT2D eigenvalue weighted by atomic mass is 16.5. The molecule has 2 aromatic heterocycles. The minimum absolute atomic E-state index is 0.0996. The van der Waals surface area contributed by atoms with E-state index in [2.05, 4.69) is 10.3 Å². The van der Waals surface area contributed by atoms with Crippen molar-refractivity contribution in [1.29, 1.82) is 0 Å². The van der Waals surface area contributed by atoms with E-state index in [9.17, 15) is 4.79 Å². The Balaban J connectivity index is 1.96. The summed E-state index contributed by atoms with van der Waals surface area (Å²) in [5.41, 5.74) is 3.06. The van der Waals surface area contributed by atoms with Gasteiger partial charge in [0.2, 0.25) is 5.91 Å². The molecule has 0 saturated heterocycles. The van der Waals surface area contributed by atoms with Crippen molar-refractivity contribution in [3.8, 4) is 0 Å². The van der Waals surface area contributed by atoms with Gasteiger partial charge in [0.25, 0.3) is 0 Å². The summed E-state index contributed by atoms with van der Waals surface area (Å²) in [4.78, 5) is 15.7. The lowest BCUT2D eigenvalue weighted by atomic mass is 10.3. The van der Waals surface area contributed by atoms with Crippen LogP contribution in [0.25, 0.3) is 5.65 Å². The number of pyridine rings is 1. The van der Waals surface area contributed by atoms with Gasteiger partial charge >= 0.3 is 0 Å². The minimum atomic E-state index is -0.0996. The number of carbonyl (C=O) groups is 1. The van der Waals surface area contributed by atoms with Gasteiger partial charge in [-0.25, -0.2) is 4.98 Å². The van der Waals surface area contributed by atoms with E-state index in [1.165, 1.54) is 7.11 Å². The number of aromatic nitrogens is 2. The van der Waals surface area contributed by atoms with E-state index >= 15 is 0 Å². The Morgan fingerprint density at radius 3 is 3.06 bits per heavy atom. The predicted octanol–water partition coefficient (Wildman–Crippen LogP) is 0.948. The fourth-order valence-electron chi connectivity index (χ4n) is 1.83. The largest absolute Gasteiger partial charge is 0.375 e. The third kappa shape index (κ3) is 2.87. The summed E-state index contributed by atoms with van der Waals surface area (Å²) in [5, 5.41) is 2.78. The molecule has 96 valence electrons. The highest BCUT2D eigenvalue weighted by Gasteiger charge is 2.04. The molecule has 0 aromatic carbocycles. The van der Waals surface area contributed by atoms with E-state index in [4.69, 9.17) is 4.74 Å². The number of aryl methyl sites for hydroxylation is 1. The zero-order valence-corrected chi connectivity index (χ0v) is 10.6. The molecule has 1 amide bonds. The number of methoxy groups -OCH3 is 1. The molecule has 0 saturated carbocycles. The highest BCUT2D eigenvalue weighted by molar-refractivity contribution is 5.77. The van der Waals surface area contributed by atoms with E-state index in [0.717, 1.165) is 23.5 Å². The van der Waals surface area contributed by atoms with Crippen molar-refractivity contribution in [2.45, 2.75) is 13.3 Å². The Kier molecular flexibility index (Phi) is 3.94. The second-order valence-electron chi connectivity index (χ2n) is 4.16. The number of imidazole rings is 1. The first kappa shape index (κ1) is 12.6. The van der Waals surface area contributed by atoms with Crippen LogP contribution < -0.4 is 5.32 Å². The molecule has 0 fully saturated rings. The van der Waals surface area contributed by atoms with E-state index in [1.54, 1.807) is 0 Å². The summed E-state index contributed by atoms with van der Waals surface area (Å²) in [5.74, 6) is -0.0996. The summed E-state index contributed by atoms with van der Waals surface area (Å²) >= 11 is 0. The van der Waals surface area contributed by atoms with Crippen LogP contribution in [0.5, 0.6) is 0 Å². The third-order valence-corrected chi connectivity index (χ3v) is 2.72. The van der Waals surface area contributed by atoms with Gasteiger partial charge in [0.15, 0.2) is 0 Å². The molecule has 0 unspecified atom stereocenters. The number of amides is 1. The summed E-state index contributed by atoms with van der Waals surface area (Å²) in [6.07, 6.45) is 2.73. The fraction of sp³-hybridized carbons (Fsp3) is 0.385. The number of ether oxygens (including phenoxy) is 1. The molecule has 5 nitrogen and oxygen atoms in total. The molecular formula is C13H17N3O2. The zero-order valence-electron chi connectivity index (χ0n) is 10.6. The average molecular weight is 247 g/mol. The maximum atomic E-state index is 11.2. The standard InChI is InChI=1S/C13H17N3O2/c1-10-4-3-5-12-15-11(8-16(10)12)6-7-14-13(17)9-18-2/h3-5,8H,6-7,9H2,1-2H3,(H,14,17). The van der Waals surface area contributed by atoms with E-state index in [1.807, 2.05) is 35.7 Å².